The number of benzene rings is 2. The van der Waals surface area contributed by atoms with E-state index in [9.17, 15) is 9.18 Å². The Morgan fingerprint density at radius 2 is 2.00 bits per heavy atom. The van der Waals surface area contributed by atoms with E-state index in [1.807, 2.05) is 12.1 Å². The average Bonchev–Trinajstić information content (AvgIpc) is 3.08. The van der Waals surface area contributed by atoms with Crippen LogP contribution in [0.2, 0.25) is 0 Å². The van der Waals surface area contributed by atoms with Gasteiger partial charge in [-0.15, -0.1) is 0 Å². The quantitative estimate of drug-likeness (QED) is 0.882. The first-order valence-corrected chi connectivity index (χ1v) is 9.00. The van der Waals surface area contributed by atoms with Crippen LogP contribution in [0.3, 0.4) is 0 Å². The molecule has 0 radical (unpaired) electrons. The standard InChI is InChI=1S/C21H21FN2O3/c1-3-27-21(25)24-20(14-4-8-15(22)9-5-14)17-11-7-13-6-10-16(26-2)12-18(13)19(17)23-24/h4-6,8-10,12,20,23H,3,7,11H2,1-2H3. The molecule has 4 rings (SSSR count). The Kier molecular flexibility index (Phi) is 4.48. The average molecular weight is 368 g/mol. The number of carbonyl (C=O) groups excluding carboxylic acids is 1. The number of amides is 1. The number of halogens is 1. The summed E-state index contributed by atoms with van der Waals surface area (Å²) >= 11 is 0. The molecule has 6 heteroatoms. The minimum Gasteiger partial charge on any atom is -0.497 e. The lowest BCUT2D eigenvalue weighted by Gasteiger charge is -2.26. The third-order valence-electron chi connectivity index (χ3n) is 5.04. The fourth-order valence-electron chi connectivity index (χ4n) is 3.79. The van der Waals surface area contributed by atoms with Crippen molar-refractivity contribution in [3.05, 3.63) is 70.5 Å². The van der Waals surface area contributed by atoms with Crippen molar-refractivity contribution in [3.8, 4) is 5.75 Å². The Morgan fingerprint density at radius 3 is 2.70 bits per heavy atom. The monoisotopic (exact) mass is 368 g/mol. The van der Waals surface area contributed by atoms with E-state index in [0.717, 1.165) is 41.0 Å². The van der Waals surface area contributed by atoms with Gasteiger partial charge >= 0.3 is 6.09 Å². The van der Waals surface area contributed by atoms with Crippen molar-refractivity contribution in [3.63, 3.8) is 0 Å². The number of carbonyl (C=O) groups is 1. The fourth-order valence-corrected chi connectivity index (χ4v) is 3.79. The lowest BCUT2D eigenvalue weighted by atomic mass is 9.85. The molecule has 1 aliphatic heterocycles. The van der Waals surface area contributed by atoms with E-state index < -0.39 is 6.09 Å². The van der Waals surface area contributed by atoms with Crippen molar-refractivity contribution in [1.29, 1.82) is 0 Å². The summed E-state index contributed by atoms with van der Waals surface area (Å²) in [6.45, 7) is 2.05. The summed E-state index contributed by atoms with van der Waals surface area (Å²) in [5.74, 6) is 0.456. The van der Waals surface area contributed by atoms with Gasteiger partial charge in [0.25, 0.3) is 0 Å². The van der Waals surface area contributed by atoms with Crippen molar-refractivity contribution in [1.82, 2.24) is 10.4 Å². The van der Waals surface area contributed by atoms with Crippen LogP contribution in [0.5, 0.6) is 5.75 Å². The van der Waals surface area contributed by atoms with E-state index in [0.29, 0.717) is 0 Å². The second-order valence-electron chi connectivity index (χ2n) is 6.56. The summed E-state index contributed by atoms with van der Waals surface area (Å²) in [6.07, 6.45) is 1.22. The van der Waals surface area contributed by atoms with Gasteiger partial charge in [0.2, 0.25) is 0 Å². The van der Waals surface area contributed by atoms with E-state index in [-0.39, 0.29) is 18.5 Å². The maximum Gasteiger partial charge on any atom is 0.429 e. The fraction of sp³-hybridized carbons (Fsp3) is 0.286. The van der Waals surface area contributed by atoms with Crippen molar-refractivity contribution in [2.45, 2.75) is 25.8 Å². The SMILES string of the molecule is CCOC(=O)N1NC2=C(CCc3ccc(OC)cc32)C1c1ccc(F)cc1. The van der Waals surface area contributed by atoms with Crippen molar-refractivity contribution in [2.24, 2.45) is 0 Å². The number of methoxy groups -OCH3 is 1. The molecule has 0 saturated heterocycles. The van der Waals surface area contributed by atoms with Crippen LogP contribution in [-0.4, -0.2) is 24.8 Å². The Hall–Kier alpha value is -3.02. The number of aryl methyl sites for hydroxylation is 1. The number of nitrogens with zero attached hydrogens (tertiary/aromatic N) is 1. The van der Waals surface area contributed by atoms with Crippen molar-refractivity contribution in [2.75, 3.05) is 13.7 Å². The highest BCUT2D eigenvalue weighted by Crippen LogP contribution is 2.45. The summed E-state index contributed by atoms with van der Waals surface area (Å²) in [4.78, 5) is 12.6. The minimum absolute atomic E-state index is 0.280. The van der Waals surface area contributed by atoms with Crippen molar-refractivity contribution < 1.29 is 18.7 Å². The second kappa shape index (κ2) is 6.95. The summed E-state index contributed by atoms with van der Waals surface area (Å²) in [6, 6.07) is 11.9. The molecule has 2 aromatic carbocycles. The van der Waals surface area contributed by atoms with Crippen LogP contribution in [0.1, 0.15) is 36.1 Å². The highest BCUT2D eigenvalue weighted by atomic mass is 19.1. The molecule has 0 saturated carbocycles. The van der Waals surface area contributed by atoms with Gasteiger partial charge in [0.05, 0.1) is 19.4 Å². The van der Waals surface area contributed by atoms with Crippen LogP contribution in [0.4, 0.5) is 9.18 Å². The molecule has 0 bridgehead atoms. The number of fused-ring (bicyclic) bond motifs is 2. The number of hydrogen-bond donors (Lipinski definition) is 1. The lowest BCUT2D eigenvalue weighted by molar-refractivity contribution is 0.0881. The molecule has 1 atom stereocenters. The summed E-state index contributed by atoms with van der Waals surface area (Å²) < 4.78 is 24.0. The van der Waals surface area contributed by atoms with Gasteiger partial charge in [0.1, 0.15) is 17.6 Å². The summed E-state index contributed by atoms with van der Waals surface area (Å²) in [5, 5.41) is 1.50. The first kappa shape index (κ1) is 17.4. The molecule has 1 amide bonds. The number of hydrazine groups is 1. The molecule has 1 heterocycles. The Bertz CT molecular complexity index is 908. The first-order valence-electron chi connectivity index (χ1n) is 9.00. The van der Waals surface area contributed by atoms with Gasteiger partial charge in [0, 0.05) is 5.56 Å². The number of hydrogen-bond acceptors (Lipinski definition) is 4. The van der Waals surface area contributed by atoms with E-state index >= 15 is 0 Å². The number of rotatable bonds is 3. The second-order valence-corrected chi connectivity index (χ2v) is 6.56. The Labute approximate surface area is 157 Å². The maximum absolute atomic E-state index is 13.4. The predicted octanol–water partition coefficient (Wildman–Crippen LogP) is 4.21. The van der Waals surface area contributed by atoms with E-state index in [1.54, 1.807) is 26.2 Å². The van der Waals surface area contributed by atoms with Gasteiger partial charge in [-0.3, -0.25) is 5.43 Å². The molecule has 2 aromatic rings. The van der Waals surface area contributed by atoms with Gasteiger partial charge in [0.15, 0.2) is 0 Å². The molecular formula is C21H21FN2O3. The molecule has 0 fully saturated rings. The molecule has 0 spiro atoms. The molecule has 2 aliphatic rings. The zero-order chi connectivity index (χ0) is 19.0. The normalized spacial score (nSPS) is 17.9. The van der Waals surface area contributed by atoms with Gasteiger partial charge < -0.3 is 9.47 Å². The molecular weight excluding hydrogens is 347 g/mol. The Morgan fingerprint density at radius 1 is 1.22 bits per heavy atom. The third kappa shape index (κ3) is 3.01. The van der Waals surface area contributed by atoms with Gasteiger partial charge in [-0.05, 0) is 60.7 Å². The van der Waals surface area contributed by atoms with Gasteiger partial charge in [-0.25, -0.2) is 14.2 Å². The Balaban J connectivity index is 1.81. The summed E-state index contributed by atoms with van der Waals surface area (Å²) in [5.41, 5.74) is 8.29. The molecule has 0 aromatic heterocycles. The van der Waals surface area contributed by atoms with E-state index in [4.69, 9.17) is 9.47 Å². The molecule has 1 N–H and O–H groups in total. The molecule has 1 unspecified atom stereocenters. The zero-order valence-electron chi connectivity index (χ0n) is 15.3. The lowest BCUT2D eigenvalue weighted by Crippen LogP contribution is -2.40. The first-order chi connectivity index (χ1) is 13.1. The smallest absolute Gasteiger partial charge is 0.429 e. The maximum atomic E-state index is 13.4. The highest BCUT2D eigenvalue weighted by Gasteiger charge is 2.40. The third-order valence-corrected chi connectivity index (χ3v) is 5.04. The topological polar surface area (TPSA) is 50.8 Å². The van der Waals surface area contributed by atoms with Crippen LogP contribution in [-0.2, 0) is 11.2 Å². The highest BCUT2D eigenvalue weighted by molar-refractivity contribution is 5.81. The largest absolute Gasteiger partial charge is 0.497 e. The van der Waals surface area contributed by atoms with Crippen LogP contribution in [0, 0.1) is 5.82 Å². The van der Waals surface area contributed by atoms with E-state index in [2.05, 4.69) is 11.5 Å². The van der Waals surface area contributed by atoms with Crippen LogP contribution in [0.25, 0.3) is 5.70 Å². The minimum atomic E-state index is -0.453. The van der Waals surface area contributed by atoms with Crippen LogP contribution in [0.15, 0.2) is 48.0 Å². The number of ether oxygens (including phenoxy) is 2. The summed E-state index contributed by atoms with van der Waals surface area (Å²) in [7, 11) is 1.63. The molecule has 1 aliphatic carbocycles. The molecule has 140 valence electrons. The predicted molar refractivity (Wildman–Crippen MR) is 99.4 cm³/mol. The number of nitrogens with one attached hydrogen (secondary N) is 1. The van der Waals surface area contributed by atoms with Crippen molar-refractivity contribution >= 4 is 11.8 Å². The zero-order valence-corrected chi connectivity index (χ0v) is 15.3. The van der Waals surface area contributed by atoms with Crippen LogP contribution >= 0.6 is 0 Å². The van der Waals surface area contributed by atoms with Gasteiger partial charge in [-0.2, -0.15) is 0 Å². The van der Waals surface area contributed by atoms with E-state index in [1.165, 1.54) is 22.7 Å². The van der Waals surface area contributed by atoms with Crippen LogP contribution < -0.4 is 10.2 Å². The molecule has 27 heavy (non-hydrogen) atoms. The molecule has 5 nitrogen and oxygen atoms in total. The van der Waals surface area contributed by atoms with Gasteiger partial charge in [-0.1, -0.05) is 18.2 Å².